The molecule has 2 rings (SSSR count). The number of pyridine rings is 1. The van der Waals surface area contributed by atoms with Gasteiger partial charge in [0.25, 0.3) is 0 Å². The fourth-order valence-corrected chi connectivity index (χ4v) is 2.11. The average molecular weight is 380 g/mol. The molecule has 5 heteroatoms. The molecule has 0 aliphatic heterocycles. The normalized spacial score (nSPS) is 10.3. The molecule has 0 saturated carbocycles. The van der Waals surface area contributed by atoms with Crippen LogP contribution in [0.3, 0.4) is 0 Å². The highest BCUT2D eigenvalue weighted by atomic mass is 127. The third kappa shape index (κ3) is 3.72. The van der Waals surface area contributed by atoms with Crippen LogP contribution in [0.15, 0.2) is 36.4 Å². The smallest absolute Gasteiger partial charge is 0.132 e. The number of ether oxygens (including phenoxy) is 1. The van der Waals surface area contributed by atoms with Crippen molar-refractivity contribution < 1.29 is 4.74 Å². The molecule has 0 radical (unpaired) electrons. The molecule has 0 unspecified atom stereocenters. The molecular formula is C12H8Cl2INO. The van der Waals surface area contributed by atoms with Gasteiger partial charge in [0.2, 0.25) is 0 Å². The van der Waals surface area contributed by atoms with Crippen molar-refractivity contribution in [3.63, 3.8) is 0 Å². The predicted octanol–water partition coefficient (Wildman–Crippen LogP) is 4.57. The Bertz CT molecular complexity index is 534. The van der Waals surface area contributed by atoms with Crippen LogP contribution in [0, 0.1) is 3.57 Å². The van der Waals surface area contributed by atoms with Gasteiger partial charge in [0, 0.05) is 3.57 Å². The summed E-state index contributed by atoms with van der Waals surface area (Å²) >= 11 is 14.0. The van der Waals surface area contributed by atoms with Gasteiger partial charge in [0.05, 0.1) is 10.7 Å². The van der Waals surface area contributed by atoms with Crippen LogP contribution in [-0.4, -0.2) is 4.98 Å². The van der Waals surface area contributed by atoms with Gasteiger partial charge < -0.3 is 4.74 Å². The van der Waals surface area contributed by atoms with Gasteiger partial charge in [-0.3, -0.25) is 0 Å². The highest BCUT2D eigenvalue weighted by molar-refractivity contribution is 14.1. The van der Waals surface area contributed by atoms with Crippen molar-refractivity contribution in [3.05, 3.63) is 55.8 Å². The number of halogens is 3. The zero-order chi connectivity index (χ0) is 12.3. The minimum atomic E-state index is 0.305. The second kappa shape index (κ2) is 5.89. The number of nitrogens with zero attached hydrogens (tertiary/aromatic N) is 1. The molecule has 0 spiro atoms. The maximum absolute atomic E-state index is 5.99. The van der Waals surface area contributed by atoms with E-state index in [4.69, 9.17) is 27.9 Å². The summed E-state index contributed by atoms with van der Waals surface area (Å²) in [4.78, 5) is 4.12. The van der Waals surface area contributed by atoms with Crippen molar-refractivity contribution in [2.45, 2.75) is 6.61 Å². The van der Waals surface area contributed by atoms with Gasteiger partial charge in [-0.1, -0.05) is 29.3 Å². The summed E-state index contributed by atoms with van der Waals surface area (Å²) in [6.07, 6.45) is 0. The van der Waals surface area contributed by atoms with E-state index >= 15 is 0 Å². The second-order valence-corrected chi connectivity index (χ2v) is 5.35. The van der Waals surface area contributed by atoms with Crippen LogP contribution in [0.2, 0.25) is 10.2 Å². The Balaban J connectivity index is 2.09. The van der Waals surface area contributed by atoms with Gasteiger partial charge in [-0.25, -0.2) is 4.98 Å². The summed E-state index contributed by atoms with van der Waals surface area (Å²) in [5.41, 5.74) is 0.637. The zero-order valence-corrected chi connectivity index (χ0v) is 12.3. The van der Waals surface area contributed by atoms with Crippen molar-refractivity contribution >= 4 is 45.8 Å². The first-order chi connectivity index (χ1) is 8.15. The van der Waals surface area contributed by atoms with Crippen LogP contribution in [0.25, 0.3) is 0 Å². The monoisotopic (exact) mass is 379 g/mol. The SMILES string of the molecule is Clc1ccc(Cl)c(COc2cccc(I)c2)n1. The van der Waals surface area contributed by atoms with E-state index in [0.29, 0.717) is 22.5 Å². The maximum atomic E-state index is 5.99. The third-order valence-electron chi connectivity index (χ3n) is 2.06. The first-order valence-electron chi connectivity index (χ1n) is 4.84. The van der Waals surface area contributed by atoms with Crippen LogP contribution >= 0.6 is 45.8 Å². The fourth-order valence-electron chi connectivity index (χ4n) is 1.27. The maximum Gasteiger partial charge on any atom is 0.132 e. The lowest BCUT2D eigenvalue weighted by Crippen LogP contribution is -1.99. The summed E-state index contributed by atoms with van der Waals surface area (Å²) in [7, 11) is 0. The molecule has 1 aromatic heterocycles. The number of hydrogen-bond donors (Lipinski definition) is 0. The minimum Gasteiger partial charge on any atom is -0.487 e. The van der Waals surface area contributed by atoms with Gasteiger partial charge in [0.15, 0.2) is 0 Å². The molecule has 88 valence electrons. The molecule has 1 heterocycles. The van der Waals surface area contributed by atoms with E-state index in [-0.39, 0.29) is 0 Å². The van der Waals surface area contributed by atoms with E-state index in [9.17, 15) is 0 Å². The van der Waals surface area contributed by atoms with Crippen molar-refractivity contribution in [2.24, 2.45) is 0 Å². The quantitative estimate of drug-likeness (QED) is 0.575. The molecular weight excluding hydrogens is 372 g/mol. The van der Waals surface area contributed by atoms with E-state index in [1.54, 1.807) is 12.1 Å². The molecule has 0 fully saturated rings. The molecule has 1 aromatic carbocycles. The van der Waals surface area contributed by atoms with E-state index in [1.165, 1.54) is 0 Å². The number of aromatic nitrogens is 1. The molecule has 2 aromatic rings. The molecule has 0 aliphatic carbocycles. The van der Waals surface area contributed by atoms with Crippen LogP contribution in [0.5, 0.6) is 5.75 Å². The lowest BCUT2D eigenvalue weighted by atomic mass is 10.3. The standard InChI is InChI=1S/C12H8Cl2INO/c13-10-4-5-12(14)16-11(10)7-17-9-3-1-2-8(15)6-9/h1-6H,7H2. The Morgan fingerprint density at radius 2 is 2.00 bits per heavy atom. The van der Waals surface area contributed by atoms with Crippen molar-refractivity contribution in [1.82, 2.24) is 4.98 Å². The molecule has 0 aliphatic rings. The van der Waals surface area contributed by atoms with E-state index < -0.39 is 0 Å². The largest absolute Gasteiger partial charge is 0.487 e. The highest BCUT2D eigenvalue weighted by Crippen LogP contribution is 2.20. The Morgan fingerprint density at radius 1 is 1.18 bits per heavy atom. The van der Waals surface area contributed by atoms with E-state index in [1.807, 2.05) is 24.3 Å². The molecule has 17 heavy (non-hydrogen) atoms. The molecule has 0 atom stereocenters. The molecule has 0 amide bonds. The van der Waals surface area contributed by atoms with Crippen molar-refractivity contribution in [1.29, 1.82) is 0 Å². The Morgan fingerprint density at radius 3 is 2.76 bits per heavy atom. The first-order valence-corrected chi connectivity index (χ1v) is 6.68. The van der Waals surface area contributed by atoms with Gasteiger partial charge in [-0.2, -0.15) is 0 Å². The predicted molar refractivity (Wildman–Crippen MR) is 77.7 cm³/mol. The average Bonchev–Trinajstić information content (AvgIpc) is 2.30. The number of hydrogen-bond acceptors (Lipinski definition) is 2. The summed E-state index contributed by atoms with van der Waals surface area (Å²) < 4.78 is 6.71. The van der Waals surface area contributed by atoms with Crippen LogP contribution in [0.4, 0.5) is 0 Å². The van der Waals surface area contributed by atoms with E-state index in [0.717, 1.165) is 9.32 Å². The summed E-state index contributed by atoms with van der Waals surface area (Å²) in [6, 6.07) is 11.1. The number of benzene rings is 1. The van der Waals surface area contributed by atoms with Crippen LogP contribution < -0.4 is 4.74 Å². The molecule has 0 saturated heterocycles. The lowest BCUT2D eigenvalue weighted by Gasteiger charge is -2.07. The van der Waals surface area contributed by atoms with E-state index in [2.05, 4.69) is 27.6 Å². The Labute approximate surface area is 123 Å². The molecule has 0 N–H and O–H groups in total. The van der Waals surface area contributed by atoms with Gasteiger partial charge in [0.1, 0.15) is 17.5 Å². The lowest BCUT2D eigenvalue weighted by molar-refractivity contribution is 0.301. The summed E-state index contributed by atoms with van der Waals surface area (Å²) in [6.45, 7) is 0.305. The summed E-state index contributed by atoms with van der Waals surface area (Å²) in [5.74, 6) is 0.787. The molecule has 2 nitrogen and oxygen atoms in total. The zero-order valence-electron chi connectivity index (χ0n) is 8.66. The minimum absolute atomic E-state index is 0.305. The van der Waals surface area contributed by atoms with Crippen molar-refractivity contribution in [2.75, 3.05) is 0 Å². The van der Waals surface area contributed by atoms with Crippen LogP contribution in [0.1, 0.15) is 5.69 Å². The topological polar surface area (TPSA) is 22.1 Å². The van der Waals surface area contributed by atoms with Gasteiger partial charge >= 0.3 is 0 Å². The third-order valence-corrected chi connectivity index (χ3v) is 3.28. The van der Waals surface area contributed by atoms with Crippen LogP contribution in [-0.2, 0) is 6.61 Å². The number of rotatable bonds is 3. The Kier molecular flexibility index (Phi) is 4.48. The molecule has 0 bridgehead atoms. The van der Waals surface area contributed by atoms with Gasteiger partial charge in [-0.05, 0) is 52.9 Å². The highest BCUT2D eigenvalue weighted by Gasteiger charge is 2.04. The second-order valence-electron chi connectivity index (χ2n) is 3.31. The first kappa shape index (κ1) is 12.9. The van der Waals surface area contributed by atoms with Crippen molar-refractivity contribution in [3.8, 4) is 5.75 Å². The summed E-state index contributed by atoms with van der Waals surface area (Å²) in [5, 5.41) is 0.968. The van der Waals surface area contributed by atoms with Gasteiger partial charge in [-0.15, -0.1) is 0 Å². The fraction of sp³-hybridized carbons (Fsp3) is 0.0833. The Hall–Kier alpha value is -0.520.